The molecule has 0 aliphatic carbocycles. The van der Waals surface area contributed by atoms with Crippen molar-refractivity contribution in [3.8, 4) is 0 Å². The van der Waals surface area contributed by atoms with Crippen LogP contribution in [0.15, 0.2) is 36.5 Å². The molecule has 0 aromatic heterocycles. The highest BCUT2D eigenvalue weighted by molar-refractivity contribution is 5.80. The summed E-state index contributed by atoms with van der Waals surface area (Å²) in [5.74, 6) is -0.596. The number of carbonyl (C=O) groups is 1. The lowest BCUT2D eigenvalue weighted by Crippen LogP contribution is -2.53. The third-order valence-electron chi connectivity index (χ3n) is 12.6. The first kappa shape index (κ1) is 59.5. The SMILES string of the molecule is CCCCCCC/C=C/CC/C=C/CC/C=C/CCCC(O)C(O)C(CO)NC(=O)C(O)CCCCCCCCCCCCCCCCCCCCCCCCCCCCC. The maximum absolute atomic E-state index is 12.6. The van der Waals surface area contributed by atoms with E-state index in [0.717, 1.165) is 51.4 Å². The van der Waals surface area contributed by atoms with Gasteiger partial charge >= 0.3 is 0 Å². The summed E-state index contributed by atoms with van der Waals surface area (Å²) in [5, 5.41) is 43.9. The van der Waals surface area contributed by atoms with E-state index in [1.54, 1.807) is 0 Å². The highest BCUT2D eigenvalue weighted by Crippen LogP contribution is 2.17. The minimum Gasteiger partial charge on any atom is -0.394 e. The normalized spacial score (nSPS) is 14.1. The molecule has 0 saturated heterocycles. The number of amides is 1. The van der Waals surface area contributed by atoms with E-state index in [1.807, 2.05) is 0 Å². The van der Waals surface area contributed by atoms with E-state index < -0.39 is 36.9 Å². The second-order valence-corrected chi connectivity index (χ2v) is 18.6. The zero-order valence-corrected chi connectivity index (χ0v) is 40.7. The number of rotatable bonds is 49. The number of allylic oxidation sites excluding steroid dienone is 6. The molecule has 0 spiro atoms. The smallest absolute Gasteiger partial charge is 0.249 e. The minimum absolute atomic E-state index is 0.362. The Morgan fingerprint density at radius 3 is 1.03 bits per heavy atom. The van der Waals surface area contributed by atoms with Gasteiger partial charge in [-0.05, 0) is 64.2 Å². The Bertz CT molecular complexity index is 966. The second kappa shape index (κ2) is 49.5. The maximum atomic E-state index is 12.6. The van der Waals surface area contributed by atoms with Crippen LogP contribution in [0.25, 0.3) is 0 Å². The van der Waals surface area contributed by atoms with Gasteiger partial charge in [0.05, 0.1) is 18.8 Å². The third kappa shape index (κ3) is 43.6. The molecule has 1 amide bonds. The van der Waals surface area contributed by atoms with Crippen molar-refractivity contribution in [2.75, 3.05) is 6.61 Å². The number of carbonyl (C=O) groups excluding carboxylic acids is 1. The molecule has 0 aromatic carbocycles. The summed E-state index contributed by atoms with van der Waals surface area (Å²) >= 11 is 0. The van der Waals surface area contributed by atoms with Crippen molar-refractivity contribution in [3.05, 3.63) is 36.5 Å². The molecule has 0 aliphatic heterocycles. The number of hydrogen-bond acceptors (Lipinski definition) is 5. The Labute approximate surface area is 379 Å². The van der Waals surface area contributed by atoms with Gasteiger partial charge in [-0.3, -0.25) is 4.79 Å². The molecule has 0 heterocycles. The fourth-order valence-corrected chi connectivity index (χ4v) is 8.32. The molecule has 0 rings (SSSR count). The molecular formula is C55H105NO5. The maximum Gasteiger partial charge on any atom is 0.249 e. The average Bonchev–Trinajstić information content (AvgIpc) is 3.26. The molecule has 6 heteroatoms. The first-order valence-corrected chi connectivity index (χ1v) is 26.9. The summed E-state index contributed by atoms with van der Waals surface area (Å²) in [6.07, 6.45) is 60.6. The molecule has 0 aromatic rings. The summed E-state index contributed by atoms with van der Waals surface area (Å²) in [7, 11) is 0. The summed E-state index contributed by atoms with van der Waals surface area (Å²) in [6, 6.07) is -1.01. The van der Waals surface area contributed by atoms with Crippen LogP contribution >= 0.6 is 0 Å². The van der Waals surface area contributed by atoms with Gasteiger partial charge in [-0.15, -0.1) is 0 Å². The largest absolute Gasteiger partial charge is 0.394 e. The molecule has 5 N–H and O–H groups in total. The number of nitrogens with one attached hydrogen (secondary N) is 1. The highest BCUT2D eigenvalue weighted by Gasteiger charge is 2.28. The van der Waals surface area contributed by atoms with Crippen molar-refractivity contribution in [2.45, 2.75) is 301 Å². The van der Waals surface area contributed by atoms with Crippen molar-refractivity contribution in [1.82, 2.24) is 5.32 Å². The zero-order chi connectivity index (χ0) is 44.5. The standard InChI is InChI=1S/C55H105NO5/c1-3-5-7-9-11-13-15-17-19-21-23-24-25-26-27-28-29-30-31-33-35-37-39-41-43-45-47-49-53(59)55(61)56-51(50-57)54(60)52(58)48-46-44-42-40-38-36-34-32-22-20-18-16-14-12-10-8-6-4-2/h16,18,32,34,40,42,51-54,57-60H,3-15,17,19-31,33,35-39,41,43-50H2,1-2H3,(H,56,61)/b18-16+,34-32+,42-40+. The summed E-state index contributed by atoms with van der Waals surface area (Å²) < 4.78 is 0. The van der Waals surface area contributed by atoms with E-state index in [4.69, 9.17) is 0 Å². The molecule has 61 heavy (non-hydrogen) atoms. The van der Waals surface area contributed by atoms with Gasteiger partial charge in [-0.25, -0.2) is 0 Å². The van der Waals surface area contributed by atoms with Crippen LogP contribution in [0, 0.1) is 0 Å². The van der Waals surface area contributed by atoms with E-state index in [-0.39, 0.29) is 0 Å². The fourth-order valence-electron chi connectivity index (χ4n) is 8.32. The van der Waals surface area contributed by atoms with Gasteiger partial charge in [-0.2, -0.15) is 0 Å². The van der Waals surface area contributed by atoms with Crippen LogP contribution in [0.2, 0.25) is 0 Å². The summed E-state index contributed by atoms with van der Waals surface area (Å²) in [6.45, 7) is 4.05. The zero-order valence-electron chi connectivity index (χ0n) is 40.7. The number of unbranched alkanes of at least 4 members (excludes halogenated alkanes) is 34. The van der Waals surface area contributed by atoms with Crippen molar-refractivity contribution in [1.29, 1.82) is 0 Å². The Morgan fingerprint density at radius 2 is 0.689 bits per heavy atom. The second-order valence-electron chi connectivity index (χ2n) is 18.6. The van der Waals surface area contributed by atoms with Crippen molar-refractivity contribution < 1.29 is 25.2 Å². The van der Waals surface area contributed by atoms with Crippen molar-refractivity contribution in [2.24, 2.45) is 0 Å². The first-order valence-electron chi connectivity index (χ1n) is 26.9. The molecule has 0 radical (unpaired) electrons. The van der Waals surface area contributed by atoms with Gasteiger partial charge in [0.2, 0.25) is 5.91 Å². The lowest BCUT2D eigenvalue weighted by atomic mass is 10.00. The van der Waals surface area contributed by atoms with Gasteiger partial charge < -0.3 is 25.7 Å². The van der Waals surface area contributed by atoms with Crippen molar-refractivity contribution in [3.63, 3.8) is 0 Å². The van der Waals surface area contributed by atoms with Crippen LogP contribution in [0.5, 0.6) is 0 Å². The minimum atomic E-state index is -1.29. The number of hydrogen-bond donors (Lipinski definition) is 5. The number of aliphatic hydroxyl groups excluding tert-OH is 4. The van der Waals surface area contributed by atoms with Crippen LogP contribution < -0.4 is 5.32 Å². The lowest BCUT2D eigenvalue weighted by Gasteiger charge is -2.27. The average molecular weight is 860 g/mol. The highest BCUT2D eigenvalue weighted by atomic mass is 16.3. The van der Waals surface area contributed by atoms with E-state index in [0.29, 0.717) is 19.3 Å². The van der Waals surface area contributed by atoms with E-state index in [9.17, 15) is 25.2 Å². The molecule has 0 aliphatic rings. The molecule has 0 saturated carbocycles. The van der Waals surface area contributed by atoms with Gasteiger partial charge in [0.15, 0.2) is 0 Å². The topological polar surface area (TPSA) is 110 Å². The Hall–Kier alpha value is -1.47. The summed E-state index contributed by atoms with van der Waals surface area (Å²) in [4.78, 5) is 12.6. The van der Waals surface area contributed by atoms with Crippen LogP contribution in [0.4, 0.5) is 0 Å². The molecule has 6 nitrogen and oxygen atoms in total. The van der Waals surface area contributed by atoms with Crippen LogP contribution in [-0.2, 0) is 4.79 Å². The van der Waals surface area contributed by atoms with Crippen molar-refractivity contribution >= 4 is 5.91 Å². The van der Waals surface area contributed by atoms with E-state index in [2.05, 4.69) is 55.6 Å². The predicted octanol–water partition coefficient (Wildman–Crippen LogP) is 15.2. The van der Waals surface area contributed by atoms with E-state index in [1.165, 1.54) is 193 Å². The van der Waals surface area contributed by atoms with Gasteiger partial charge in [-0.1, -0.05) is 249 Å². The third-order valence-corrected chi connectivity index (χ3v) is 12.6. The Morgan fingerprint density at radius 1 is 0.393 bits per heavy atom. The molecule has 0 fully saturated rings. The van der Waals surface area contributed by atoms with Crippen LogP contribution in [0.1, 0.15) is 277 Å². The van der Waals surface area contributed by atoms with E-state index >= 15 is 0 Å². The number of aliphatic hydroxyl groups is 4. The lowest BCUT2D eigenvalue weighted by molar-refractivity contribution is -0.132. The Kier molecular flexibility index (Phi) is 48.3. The molecule has 4 unspecified atom stereocenters. The fraction of sp³-hybridized carbons (Fsp3) is 0.873. The predicted molar refractivity (Wildman–Crippen MR) is 265 cm³/mol. The quantitative estimate of drug-likeness (QED) is 0.0309. The van der Waals surface area contributed by atoms with Gasteiger partial charge in [0.25, 0.3) is 0 Å². The summed E-state index contributed by atoms with van der Waals surface area (Å²) in [5.41, 5.74) is 0. The monoisotopic (exact) mass is 860 g/mol. The van der Waals surface area contributed by atoms with Gasteiger partial charge in [0, 0.05) is 0 Å². The van der Waals surface area contributed by atoms with Crippen LogP contribution in [0.3, 0.4) is 0 Å². The molecular weight excluding hydrogens is 755 g/mol. The van der Waals surface area contributed by atoms with Crippen LogP contribution in [-0.4, -0.2) is 57.3 Å². The van der Waals surface area contributed by atoms with Gasteiger partial charge in [0.1, 0.15) is 12.2 Å². The molecule has 4 atom stereocenters. The molecule has 0 bridgehead atoms. The first-order chi connectivity index (χ1) is 30.0. The molecule has 360 valence electrons. The Balaban J connectivity index is 3.66.